The smallest absolute Gasteiger partial charge is 0.174 e. The Kier molecular flexibility index (Phi) is 4.57. The molecule has 23 heavy (non-hydrogen) atoms. The SMILES string of the molecule is CCOc1ccc(NC(=S)N2CCn3c(C)ccc3[C@@H]2C)cc1. The van der Waals surface area contributed by atoms with Crippen molar-refractivity contribution in [2.75, 3.05) is 18.5 Å². The molecule has 0 saturated heterocycles. The minimum atomic E-state index is 0.278. The maximum absolute atomic E-state index is 5.63. The first-order chi connectivity index (χ1) is 11.1. The van der Waals surface area contributed by atoms with E-state index in [0.29, 0.717) is 6.61 Å². The van der Waals surface area contributed by atoms with Crippen molar-refractivity contribution in [2.24, 2.45) is 0 Å². The molecule has 0 radical (unpaired) electrons. The van der Waals surface area contributed by atoms with Gasteiger partial charge in [-0.3, -0.25) is 0 Å². The summed E-state index contributed by atoms with van der Waals surface area (Å²) in [5.74, 6) is 0.878. The molecule has 0 fully saturated rings. The van der Waals surface area contributed by atoms with Crippen molar-refractivity contribution in [3.05, 3.63) is 47.8 Å². The van der Waals surface area contributed by atoms with Crippen LogP contribution < -0.4 is 10.1 Å². The second kappa shape index (κ2) is 6.62. The number of ether oxygens (including phenoxy) is 1. The van der Waals surface area contributed by atoms with E-state index in [1.807, 2.05) is 31.2 Å². The van der Waals surface area contributed by atoms with Crippen LogP contribution in [0.15, 0.2) is 36.4 Å². The predicted molar refractivity (Wildman–Crippen MR) is 98.1 cm³/mol. The molecule has 0 saturated carbocycles. The summed E-state index contributed by atoms with van der Waals surface area (Å²) in [5, 5.41) is 4.11. The lowest BCUT2D eigenvalue weighted by molar-refractivity contribution is 0.274. The largest absolute Gasteiger partial charge is 0.494 e. The van der Waals surface area contributed by atoms with E-state index in [1.165, 1.54) is 11.4 Å². The number of rotatable bonds is 3. The van der Waals surface area contributed by atoms with E-state index in [1.54, 1.807) is 0 Å². The highest BCUT2D eigenvalue weighted by Crippen LogP contribution is 2.28. The molecule has 0 spiro atoms. The highest BCUT2D eigenvalue weighted by atomic mass is 32.1. The number of anilines is 1. The first-order valence-corrected chi connectivity index (χ1v) is 8.47. The van der Waals surface area contributed by atoms with Gasteiger partial charge in [-0.2, -0.15) is 0 Å². The van der Waals surface area contributed by atoms with Crippen LogP contribution >= 0.6 is 12.2 Å². The zero-order valence-corrected chi connectivity index (χ0v) is 14.7. The summed E-state index contributed by atoms with van der Waals surface area (Å²) < 4.78 is 7.84. The van der Waals surface area contributed by atoms with Crippen molar-refractivity contribution in [3.8, 4) is 5.75 Å². The molecular weight excluding hydrogens is 306 g/mol. The predicted octanol–water partition coefficient (Wildman–Crippen LogP) is 3.97. The fourth-order valence-electron chi connectivity index (χ4n) is 3.09. The maximum atomic E-state index is 5.63. The Labute approximate surface area is 143 Å². The van der Waals surface area contributed by atoms with Gasteiger partial charge in [-0.15, -0.1) is 0 Å². The standard InChI is InChI=1S/C18H23N3OS/c1-4-22-16-8-6-15(7-9-16)19-18(23)21-12-11-20-13(2)5-10-17(20)14(21)3/h5-10,14H,4,11-12H2,1-3H3,(H,19,23)/t14-/m0/s1. The van der Waals surface area contributed by atoms with Crippen molar-refractivity contribution in [3.63, 3.8) is 0 Å². The maximum Gasteiger partial charge on any atom is 0.174 e. The molecule has 3 rings (SSSR count). The highest BCUT2D eigenvalue weighted by Gasteiger charge is 2.26. The normalized spacial score (nSPS) is 16.8. The van der Waals surface area contributed by atoms with Gasteiger partial charge in [-0.05, 0) is 69.4 Å². The third-order valence-electron chi connectivity index (χ3n) is 4.37. The Morgan fingerprint density at radius 1 is 1.22 bits per heavy atom. The van der Waals surface area contributed by atoms with Gasteiger partial charge in [-0.1, -0.05) is 0 Å². The summed E-state index contributed by atoms with van der Waals surface area (Å²) in [5.41, 5.74) is 3.63. The average Bonchev–Trinajstić information content (AvgIpc) is 2.92. The summed E-state index contributed by atoms with van der Waals surface area (Å²) in [6.45, 7) is 8.92. The summed E-state index contributed by atoms with van der Waals surface area (Å²) in [4.78, 5) is 2.25. The Hall–Kier alpha value is -2.01. The Morgan fingerprint density at radius 3 is 2.65 bits per heavy atom. The molecule has 4 nitrogen and oxygen atoms in total. The molecule has 1 aliphatic heterocycles. The number of hydrogen-bond acceptors (Lipinski definition) is 2. The molecular formula is C18H23N3OS. The van der Waals surface area contributed by atoms with Crippen molar-refractivity contribution >= 4 is 23.0 Å². The second-order valence-electron chi connectivity index (χ2n) is 5.81. The van der Waals surface area contributed by atoms with Crippen molar-refractivity contribution < 1.29 is 4.74 Å². The van der Waals surface area contributed by atoms with Crippen LogP contribution in [0.5, 0.6) is 5.75 Å². The van der Waals surface area contributed by atoms with Crippen LogP contribution in [0, 0.1) is 6.92 Å². The lowest BCUT2D eigenvalue weighted by atomic mass is 10.1. The van der Waals surface area contributed by atoms with Gasteiger partial charge in [0.05, 0.1) is 12.6 Å². The zero-order chi connectivity index (χ0) is 16.4. The first-order valence-electron chi connectivity index (χ1n) is 8.06. The molecule has 1 aromatic heterocycles. The number of fused-ring (bicyclic) bond motifs is 1. The van der Waals surface area contributed by atoms with Gasteiger partial charge in [-0.25, -0.2) is 0 Å². The lowest BCUT2D eigenvalue weighted by Crippen LogP contribution is -2.43. The number of aromatic nitrogens is 1. The van der Waals surface area contributed by atoms with E-state index < -0.39 is 0 Å². The van der Waals surface area contributed by atoms with E-state index in [9.17, 15) is 0 Å². The Morgan fingerprint density at radius 2 is 1.96 bits per heavy atom. The summed E-state index contributed by atoms with van der Waals surface area (Å²) in [6.07, 6.45) is 0. The van der Waals surface area contributed by atoms with E-state index in [-0.39, 0.29) is 6.04 Å². The lowest BCUT2D eigenvalue weighted by Gasteiger charge is -2.37. The number of aryl methyl sites for hydroxylation is 1. The van der Waals surface area contributed by atoms with Gasteiger partial charge in [0, 0.05) is 30.2 Å². The van der Waals surface area contributed by atoms with Gasteiger partial charge in [0.1, 0.15) is 5.75 Å². The first kappa shape index (κ1) is 15.9. The van der Waals surface area contributed by atoms with Crippen molar-refractivity contribution in [1.82, 2.24) is 9.47 Å². The number of thiocarbonyl (C=S) groups is 1. The van der Waals surface area contributed by atoms with E-state index in [4.69, 9.17) is 17.0 Å². The molecule has 0 bridgehead atoms. The number of nitrogens with zero attached hydrogens (tertiary/aromatic N) is 2. The summed E-state index contributed by atoms with van der Waals surface area (Å²) in [7, 11) is 0. The Bertz CT molecular complexity index is 693. The average molecular weight is 329 g/mol. The van der Waals surface area contributed by atoms with Gasteiger partial charge >= 0.3 is 0 Å². The molecule has 0 amide bonds. The zero-order valence-electron chi connectivity index (χ0n) is 13.9. The van der Waals surface area contributed by atoms with Crippen LogP contribution in [0.1, 0.15) is 31.3 Å². The van der Waals surface area contributed by atoms with Gasteiger partial charge < -0.3 is 19.5 Å². The van der Waals surface area contributed by atoms with Crippen LogP contribution in [0.25, 0.3) is 0 Å². The highest BCUT2D eigenvalue weighted by molar-refractivity contribution is 7.80. The fraction of sp³-hybridized carbons (Fsp3) is 0.389. The Balaban J connectivity index is 1.69. The van der Waals surface area contributed by atoms with Crippen LogP contribution in [0.4, 0.5) is 5.69 Å². The molecule has 2 heterocycles. The van der Waals surface area contributed by atoms with E-state index >= 15 is 0 Å². The van der Waals surface area contributed by atoms with E-state index in [0.717, 1.165) is 29.6 Å². The topological polar surface area (TPSA) is 29.4 Å². The molecule has 1 atom stereocenters. The molecule has 1 aromatic carbocycles. The molecule has 1 N–H and O–H groups in total. The van der Waals surface area contributed by atoms with E-state index in [2.05, 4.69) is 40.8 Å². The molecule has 1 aliphatic rings. The van der Waals surface area contributed by atoms with Crippen LogP contribution in [-0.4, -0.2) is 27.7 Å². The third-order valence-corrected chi connectivity index (χ3v) is 4.71. The van der Waals surface area contributed by atoms with Crippen LogP contribution in [0.3, 0.4) is 0 Å². The third kappa shape index (κ3) is 3.20. The monoisotopic (exact) mass is 329 g/mol. The second-order valence-corrected chi connectivity index (χ2v) is 6.19. The fourth-order valence-corrected chi connectivity index (χ4v) is 3.46. The molecule has 2 aromatic rings. The molecule has 0 aliphatic carbocycles. The quantitative estimate of drug-likeness (QED) is 0.863. The number of benzene rings is 1. The molecule has 0 unspecified atom stereocenters. The minimum absolute atomic E-state index is 0.278. The van der Waals surface area contributed by atoms with Crippen molar-refractivity contribution in [2.45, 2.75) is 33.4 Å². The minimum Gasteiger partial charge on any atom is -0.494 e. The van der Waals surface area contributed by atoms with Gasteiger partial charge in [0.2, 0.25) is 0 Å². The molecule has 122 valence electrons. The number of hydrogen-bond donors (Lipinski definition) is 1. The molecule has 5 heteroatoms. The van der Waals surface area contributed by atoms with Crippen LogP contribution in [0.2, 0.25) is 0 Å². The van der Waals surface area contributed by atoms with Gasteiger partial charge in [0.25, 0.3) is 0 Å². The van der Waals surface area contributed by atoms with Crippen LogP contribution in [-0.2, 0) is 6.54 Å². The van der Waals surface area contributed by atoms with Gasteiger partial charge in [0.15, 0.2) is 5.11 Å². The van der Waals surface area contributed by atoms with Crippen molar-refractivity contribution in [1.29, 1.82) is 0 Å². The number of nitrogens with one attached hydrogen (secondary N) is 1. The summed E-state index contributed by atoms with van der Waals surface area (Å²) >= 11 is 5.63. The summed E-state index contributed by atoms with van der Waals surface area (Å²) in [6, 6.07) is 12.6.